The van der Waals surface area contributed by atoms with Gasteiger partial charge in [0.15, 0.2) is 0 Å². The maximum atomic E-state index is 12.2. The maximum absolute atomic E-state index is 12.2. The Morgan fingerprint density at radius 3 is 2.62 bits per heavy atom. The van der Waals surface area contributed by atoms with Gasteiger partial charge in [-0.05, 0) is 31.4 Å². The van der Waals surface area contributed by atoms with Gasteiger partial charge < -0.3 is 4.90 Å². The van der Waals surface area contributed by atoms with E-state index in [0.29, 0.717) is 24.0 Å². The normalized spacial score (nSPS) is 15.6. The molecule has 1 aliphatic rings. The van der Waals surface area contributed by atoms with Crippen molar-refractivity contribution in [1.29, 1.82) is 0 Å². The first kappa shape index (κ1) is 11.4. The van der Waals surface area contributed by atoms with Gasteiger partial charge in [-0.2, -0.15) is 0 Å². The van der Waals surface area contributed by atoms with E-state index in [1.165, 1.54) is 6.42 Å². The van der Waals surface area contributed by atoms with Crippen molar-refractivity contribution in [2.24, 2.45) is 0 Å². The standard InChI is InChI=1S/C12H15ClN2O/c13-6-9-15(11-2-1-3-11)12(16)10-4-7-14-8-5-10/h4-5,7-8,11H,1-3,6,9H2. The molecule has 4 heteroatoms. The molecule has 1 amide bonds. The van der Waals surface area contributed by atoms with Crippen molar-refractivity contribution in [2.45, 2.75) is 25.3 Å². The molecule has 0 saturated heterocycles. The molecule has 1 aromatic heterocycles. The molecule has 0 radical (unpaired) electrons. The summed E-state index contributed by atoms with van der Waals surface area (Å²) in [5, 5.41) is 0. The number of rotatable bonds is 4. The molecular formula is C12H15ClN2O. The molecule has 1 fully saturated rings. The number of carbonyl (C=O) groups excluding carboxylic acids is 1. The molecule has 16 heavy (non-hydrogen) atoms. The molecule has 1 saturated carbocycles. The summed E-state index contributed by atoms with van der Waals surface area (Å²) in [4.78, 5) is 18.0. The van der Waals surface area contributed by atoms with Gasteiger partial charge in [0.1, 0.15) is 0 Å². The summed E-state index contributed by atoms with van der Waals surface area (Å²) in [7, 11) is 0. The molecule has 0 atom stereocenters. The van der Waals surface area contributed by atoms with E-state index < -0.39 is 0 Å². The van der Waals surface area contributed by atoms with Gasteiger partial charge in [-0.15, -0.1) is 11.6 Å². The van der Waals surface area contributed by atoms with E-state index in [1.54, 1.807) is 24.5 Å². The topological polar surface area (TPSA) is 33.2 Å². The number of pyridine rings is 1. The lowest BCUT2D eigenvalue weighted by molar-refractivity contribution is 0.0598. The highest BCUT2D eigenvalue weighted by Gasteiger charge is 2.28. The number of halogens is 1. The Morgan fingerprint density at radius 2 is 2.12 bits per heavy atom. The minimum absolute atomic E-state index is 0.0766. The van der Waals surface area contributed by atoms with Gasteiger partial charge in [-0.3, -0.25) is 9.78 Å². The number of aromatic nitrogens is 1. The first-order valence-corrected chi connectivity index (χ1v) is 6.13. The quantitative estimate of drug-likeness (QED) is 0.755. The third-order valence-corrected chi connectivity index (χ3v) is 3.20. The SMILES string of the molecule is O=C(c1ccncc1)N(CCCl)C1CCC1. The molecule has 0 aromatic carbocycles. The van der Waals surface area contributed by atoms with Gasteiger partial charge in [0.2, 0.25) is 0 Å². The van der Waals surface area contributed by atoms with E-state index in [4.69, 9.17) is 11.6 Å². The number of hydrogen-bond acceptors (Lipinski definition) is 2. The second-order valence-electron chi connectivity index (χ2n) is 4.01. The second-order valence-corrected chi connectivity index (χ2v) is 4.39. The highest BCUT2D eigenvalue weighted by Crippen LogP contribution is 2.26. The summed E-state index contributed by atoms with van der Waals surface area (Å²) in [5.41, 5.74) is 0.701. The zero-order valence-electron chi connectivity index (χ0n) is 9.10. The van der Waals surface area contributed by atoms with Crippen molar-refractivity contribution in [3.8, 4) is 0 Å². The van der Waals surface area contributed by atoms with Gasteiger partial charge in [0.05, 0.1) is 0 Å². The predicted molar refractivity (Wildman–Crippen MR) is 63.6 cm³/mol. The lowest BCUT2D eigenvalue weighted by Gasteiger charge is -2.37. The Kier molecular flexibility index (Phi) is 3.78. The van der Waals surface area contributed by atoms with Crippen molar-refractivity contribution >= 4 is 17.5 Å². The van der Waals surface area contributed by atoms with Crippen molar-refractivity contribution in [3.05, 3.63) is 30.1 Å². The van der Waals surface area contributed by atoms with E-state index in [1.807, 2.05) is 4.90 Å². The van der Waals surface area contributed by atoms with Crippen LogP contribution in [0, 0.1) is 0 Å². The molecule has 2 rings (SSSR count). The molecule has 0 unspecified atom stereocenters. The van der Waals surface area contributed by atoms with E-state index in [9.17, 15) is 4.79 Å². The number of amides is 1. The molecule has 0 N–H and O–H groups in total. The van der Waals surface area contributed by atoms with Gasteiger partial charge in [-0.25, -0.2) is 0 Å². The van der Waals surface area contributed by atoms with Gasteiger partial charge in [-0.1, -0.05) is 0 Å². The fourth-order valence-electron chi connectivity index (χ4n) is 1.90. The average molecular weight is 239 g/mol. The molecule has 1 heterocycles. The van der Waals surface area contributed by atoms with Crippen LogP contribution in [0.3, 0.4) is 0 Å². The third kappa shape index (κ3) is 2.35. The highest BCUT2D eigenvalue weighted by molar-refractivity contribution is 6.18. The molecule has 0 aliphatic heterocycles. The van der Waals surface area contributed by atoms with Crippen LogP contribution in [-0.4, -0.2) is 34.3 Å². The predicted octanol–water partition coefficient (Wildman–Crippen LogP) is 2.32. The lowest BCUT2D eigenvalue weighted by atomic mass is 9.91. The monoisotopic (exact) mass is 238 g/mol. The van der Waals surface area contributed by atoms with Gasteiger partial charge >= 0.3 is 0 Å². The average Bonchev–Trinajstić information content (AvgIpc) is 2.26. The fraction of sp³-hybridized carbons (Fsp3) is 0.500. The minimum atomic E-state index is 0.0766. The summed E-state index contributed by atoms with van der Waals surface area (Å²) >= 11 is 5.75. The zero-order chi connectivity index (χ0) is 11.4. The number of nitrogens with zero attached hydrogens (tertiary/aromatic N) is 2. The molecule has 0 bridgehead atoms. The number of carbonyl (C=O) groups is 1. The fourth-order valence-corrected chi connectivity index (χ4v) is 2.08. The first-order chi connectivity index (χ1) is 7.83. The molecular weight excluding hydrogens is 224 g/mol. The molecule has 1 aromatic rings. The van der Waals surface area contributed by atoms with Crippen LogP contribution in [0.1, 0.15) is 29.6 Å². The first-order valence-electron chi connectivity index (χ1n) is 5.60. The van der Waals surface area contributed by atoms with E-state index in [2.05, 4.69) is 4.98 Å². The smallest absolute Gasteiger partial charge is 0.254 e. The van der Waals surface area contributed by atoms with Crippen LogP contribution < -0.4 is 0 Å². The van der Waals surface area contributed by atoms with Crippen LogP contribution >= 0.6 is 11.6 Å². The third-order valence-electron chi connectivity index (χ3n) is 3.03. The number of alkyl halides is 1. The Balaban J connectivity index is 2.10. The van der Waals surface area contributed by atoms with E-state index in [-0.39, 0.29) is 5.91 Å². The van der Waals surface area contributed by atoms with Crippen LogP contribution in [0.2, 0.25) is 0 Å². The van der Waals surface area contributed by atoms with Crippen molar-refractivity contribution in [1.82, 2.24) is 9.88 Å². The van der Waals surface area contributed by atoms with Crippen LogP contribution in [0.25, 0.3) is 0 Å². The maximum Gasteiger partial charge on any atom is 0.254 e. The lowest BCUT2D eigenvalue weighted by Crippen LogP contribution is -2.45. The van der Waals surface area contributed by atoms with Gasteiger partial charge in [0, 0.05) is 36.4 Å². The Bertz CT molecular complexity index is 351. The zero-order valence-corrected chi connectivity index (χ0v) is 9.86. The van der Waals surface area contributed by atoms with E-state index >= 15 is 0 Å². The largest absolute Gasteiger partial charge is 0.334 e. The summed E-state index contributed by atoms with van der Waals surface area (Å²) < 4.78 is 0. The van der Waals surface area contributed by atoms with Crippen molar-refractivity contribution in [2.75, 3.05) is 12.4 Å². The summed E-state index contributed by atoms with van der Waals surface area (Å²) in [6.07, 6.45) is 6.72. The van der Waals surface area contributed by atoms with Crippen molar-refractivity contribution in [3.63, 3.8) is 0 Å². The van der Waals surface area contributed by atoms with Crippen LogP contribution in [0.5, 0.6) is 0 Å². The Labute approximate surface area is 100 Å². The van der Waals surface area contributed by atoms with Gasteiger partial charge in [0.25, 0.3) is 5.91 Å². The Morgan fingerprint density at radius 1 is 1.44 bits per heavy atom. The van der Waals surface area contributed by atoms with Crippen LogP contribution in [0.15, 0.2) is 24.5 Å². The Hall–Kier alpha value is -1.09. The number of hydrogen-bond donors (Lipinski definition) is 0. The second kappa shape index (κ2) is 5.30. The molecule has 0 spiro atoms. The van der Waals surface area contributed by atoms with Crippen molar-refractivity contribution < 1.29 is 4.79 Å². The summed E-state index contributed by atoms with van der Waals surface area (Å²) in [5.74, 6) is 0.570. The summed E-state index contributed by atoms with van der Waals surface area (Å²) in [6.45, 7) is 0.632. The van der Waals surface area contributed by atoms with Crippen LogP contribution in [-0.2, 0) is 0 Å². The minimum Gasteiger partial charge on any atom is -0.334 e. The molecule has 3 nitrogen and oxygen atoms in total. The molecule has 86 valence electrons. The van der Waals surface area contributed by atoms with E-state index in [0.717, 1.165) is 12.8 Å². The highest BCUT2D eigenvalue weighted by atomic mass is 35.5. The molecule has 1 aliphatic carbocycles. The van der Waals surface area contributed by atoms with Crippen LogP contribution in [0.4, 0.5) is 0 Å². The summed E-state index contributed by atoms with van der Waals surface area (Å²) in [6, 6.07) is 3.89.